The number of hydrogen-bond donors (Lipinski definition) is 0. The van der Waals surface area contributed by atoms with E-state index < -0.39 is 10.1 Å². The molecule has 104 valence electrons. The Balaban J connectivity index is 1.58. The zero-order valence-electron chi connectivity index (χ0n) is 11.3. The largest absolute Gasteiger partial charge is 0.296 e. The highest BCUT2D eigenvalue weighted by Crippen LogP contribution is 2.65. The SMILES string of the molecule is Cc1ccc(S(=O)(=O)OCC[C@@]23CCC[C@@H]2C3)cc1. The van der Waals surface area contributed by atoms with Gasteiger partial charge in [-0.1, -0.05) is 24.1 Å². The van der Waals surface area contributed by atoms with Gasteiger partial charge in [0.25, 0.3) is 10.1 Å². The number of rotatable bonds is 5. The maximum atomic E-state index is 12.0. The van der Waals surface area contributed by atoms with E-state index in [1.54, 1.807) is 24.3 Å². The molecule has 1 aromatic rings. The van der Waals surface area contributed by atoms with E-state index in [2.05, 4.69) is 0 Å². The van der Waals surface area contributed by atoms with E-state index in [1.807, 2.05) is 6.92 Å². The second-order valence-corrected chi connectivity index (χ2v) is 7.61. The lowest BCUT2D eigenvalue weighted by molar-refractivity contribution is 0.268. The van der Waals surface area contributed by atoms with Crippen LogP contribution in [0.1, 0.15) is 37.7 Å². The van der Waals surface area contributed by atoms with Crippen molar-refractivity contribution in [2.45, 2.75) is 43.9 Å². The third-order valence-electron chi connectivity index (χ3n) is 4.73. The summed E-state index contributed by atoms with van der Waals surface area (Å²) in [6.07, 6.45) is 6.05. The van der Waals surface area contributed by atoms with Crippen LogP contribution in [0.15, 0.2) is 29.2 Å². The van der Waals surface area contributed by atoms with Gasteiger partial charge in [-0.25, -0.2) is 0 Å². The summed E-state index contributed by atoms with van der Waals surface area (Å²) in [6.45, 7) is 2.26. The Morgan fingerprint density at radius 1 is 1.32 bits per heavy atom. The molecule has 2 aliphatic rings. The quantitative estimate of drug-likeness (QED) is 0.777. The highest BCUT2D eigenvalue weighted by molar-refractivity contribution is 7.86. The molecule has 2 aliphatic carbocycles. The van der Waals surface area contributed by atoms with Crippen LogP contribution in [0, 0.1) is 18.3 Å². The summed E-state index contributed by atoms with van der Waals surface area (Å²) in [5.41, 5.74) is 1.48. The van der Waals surface area contributed by atoms with Crippen LogP contribution in [0.2, 0.25) is 0 Å². The average Bonchev–Trinajstić information content (AvgIpc) is 2.90. The molecule has 3 rings (SSSR count). The second-order valence-electron chi connectivity index (χ2n) is 5.99. The van der Waals surface area contributed by atoms with Gasteiger partial charge in [-0.2, -0.15) is 8.42 Å². The zero-order valence-corrected chi connectivity index (χ0v) is 12.1. The van der Waals surface area contributed by atoms with Gasteiger partial charge in [0.05, 0.1) is 11.5 Å². The smallest absolute Gasteiger partial charge is 0.266 e. The number of aryl methyl sites for hydroxylation is 1. The lowest BCUT2D eigenvalue weighted by Crippen LogP contribution is -2.11. The molecular formula is C15H20O3S. The maximum Gasteiger partial charge on any atom is 0.296 e. The fourth-order valence-corrected chi connectivity index (χ4v) is 4.31. The molecule has 0 amide bonds. The van der Waals surface area contributed by atoms with Gasteiger partial charge in [0.2, 0.25) is 0 Å². The van der Waals surface area contributed by atoms with Crippen molar-refractivity contribution in [3.8, 4) is 0 Å². The van der Waals surface area contributed by atoms with Gasteiger partial charge in [0.1, 0.15) is 0 Å². The van der Waals surface area contributed by atoms with E-state index in [0.29, 0.717) is 12.0 Å². The fraction of sp³-hybridized carbons (Fsp3) is 0.600. The maximum absolute atomic E-state index is 12.0. The first-order valence-electron chi connectivity index (χ1n) is 6.98. The highest BCUT2D eigenvalue weighted by atomic mass is 32.2. The predicted octanol–water partition coefficient (Wildman–Crippen LogP) is 3.28. The predicted molar refractivity (Wildman–Crippen MR) is 73.3 cm³/mol. The van der Waals surface area contributed by atoms with Crippen molar-refractivity contribution in [3.63, 3.8) is 0 Å². The first kappa shape index (κ1) is 13.1. The minimum Gasteiger partial charge on any atom is -0.266 e. The van der Waals surface area contributed by atoms with Crippen molar-refractivity contribution in [2.75, 3.05) is 6.61 Å². The van der Waals surface area contributed by atoms with Crippen LogP contribution >= 0.6 is 0 Å². The molecule has 2 fully saturated rings. The molecule has 1 aromatic carbocycles. The van der Waals surface area contributed by atoms with Gasteiger partial charge in [-0.05, 0) is 56.1 Å². The molecule has 0 unspecified atom stereocenters. The van der Waals surface area contributed by atoms with Gasteiger partial charge < -0.3 is 0 Å². The van der Waals surface area contributed by atoms with Crippen molar-refractivity contribution >= 4 is 10.1 Å². The van der Waals surface area contributed by atoms with Gasteiger partial charge in [0, 0.05) is 0 Å². The van der Waals surface area contributed by atoms with Crippen molar-refractivity contribution in [3.05, 3.63) is 29.8 Å². The van der Waals surface area contributed by atoms with E-state index in [-0.39, 0.29) is 4.90 Å². The minimum absolute atomic E-state index is 0.259. The Morgan fingerprint density at radius 2 is 2.05 bits per heavy atom. The van der Waals surface area contributed by atoms with Gasteiger partial charge >= 0.3 is 0 Å². The van der Waals surface area contributed by atoms with Gasteiger partial charge in [-0.3, -0.25) is 4.18 Å². The molecule has 0 saturated heterocycles. The standard InChI is InChI=1S/C15H20O3S/c1-12-4-6-14(7-5-12)19(16,17)18-10-9-15-8-2-3-13(15)11-15/h4-7,13H,2-3,8-11H2,1H3/t13-,15-/m1/s1. The highest BCUT2D eigenvalue weighted by Gasteiger charge is 2.55. The lowest BCUT2D eigenvalue weighted by atomic mass is 10.0. The van der Waals surface area contributed by atoms with Crippen molar-refractivity contribution in [2.24, 2.45) is 11.3 Å². The topological polar surface area (TPSA) is 43.4 Å². The van der Waals surface area contributed by atoms with Crippen LogP contribution in [-0.2, 0) is 14.3 Å². The number of hydrogen-bond acceptors (Lipinski definition) is 3. The molecular weight excluding hydrogens is 260 g/mol. The Morgan fingerprint density at radius 3 is 2.63 bits per heavy atom. The van der Waals surface area contributed by atoms with E-state index in [4.69, 9.17) is 4.18 Å². The minimum atomic E-state index is -3.58. The summed E-state index contributed by atoms with van der Waals surface area (Å²) in [5.74, 6) is 0.846. The van der Waals surface area contributed by atoms with Gasteiger partial charge in [-0.15, -0.1) is 0 Å². The van der Waals surface area contributed by atoms with Gasteiger partial charge in [0.15, 0.2) is 0 Å². The molecule has 0 N–H and O–H groups in total. The Bertz CT molecular complexity index is 562. The normalized spacial score (nSPS) is 29.2. The van der Waals surface area contributed by atoms with Crippen LogP contribution in [-0.4, -0.2) is 15.0 Å². The van der Waals surface area contributed by atoms with Crippen LogP contribution in [0.25, 0.3) is 0 Å². The van der Waals surface area contributed by atoms with E-state index >= 15 is 0 Å². The third kappa shape index (κ3) is 2.56. The summed E-state index contributed by atoms with van der Waals surface area (Å²) in [5, 5.41) is 0. The average molecular weight is 280 g/mol. The summed E-state index contributed by atoms with van der Waals surface area (Å²) >= 11 is 0. The molecule has 2 saturated carbocycles. The van der Waals surface area contributed by atoms with Crippen LogP contribution in [0.3, 0.4) is 0 Å². The molecule has 0 heterocycles. The molecule has 4 heteroatoms. The lowest BCUT2D eigenvalue weighted by Gasteiger charge is -2.12. The Labute approximate surface area is 115 Å². The van der Waals surface area contributed by atoms with Crippen LogP contribution in [0.4, 0.5) is 0 Å². The Kier molecular flexibility index (Phi) is 3.18. The second kappa shape index (κ2) is 4.60. The van der Waals surface area contributed by atoms with E-state index in [1.165, 1.54) is 25.7 Å². The zero-order chi connectivity index (χ0) is 13.5. The summed E-state index contributed by atoms with van der Waals surface area (Å²) in [4.78, 5) is 0.259. The molecule has 2 atom stereocenters. The molecule has 0 aliphatic heterocycles. The monoisotopic (exact) mass is 280 g/mol. The van der Waals surface area contributed by atoms with E-state index in [0.717, 1.165) is 17.9 Å². The van der Waals surface area contributed by atoms with Crippen molar-refractivity contribution in [1.82, 2.24) is 0 Å². The first-order valence-corrected chi connectivity index (χ1v) is 8.39. The number of benzene rings is 1. The van der Waals surface area contributed by atoms with Crippen LogP contribution in [0.5, 0.6) is 0 Å². The van der Waals surface area contributed by atoms with Crippen molar-refractivity contribution < 1.29 is 12.6 Å². The Hall–Kier alpha value is -0.870. The molecule has 0 aromatic heterocycles. The number of fused-ring (bicyclic) bond motifs is 1. The van der Waals surface area contributed by atoms with Crippen LogP contribution < -0.4 is 0 Å². The molecule has 0 spiro atoms. The molecule has 0 bridgehead atoms. The molecule has 3 nitrogen and oxygen atoms in total. The summed E-state index contributed by atoms with van der Waals surface area (Å²) in [7, 11) is -3.58. The van der Waals surface area contributed by atoms with Crippen molar-refractivity contribution in [1.29, 1.82) is 0 Å². The summed E-state index contributed by atoms with van der Waals surface area (Å²) < 4.78 is 29.2. The van der Waals surface area contributed by atoms with E-state index in [9.17, 15) is 8.42 Å². The first-order chi connectivity index (χ1) is 9.02. The molecule has 19 heavy (non-hydrogen) atoms. The summed E-state index contributed by atoms with van der Waals surface area (Å²) in [6, 6.07) is 6.81. The molecule has 0 radical (unpaired) electrons. The third-order valence-corrected chi connectivity index (χ3v) is 6.06. The fourth-order valence-electron chi connectivity index (χ4n) is 3.41.